The molecule has 0 radical (unpaired) electrons. The summed E-state index contributed by atoms with van der Waals surface area (Å²) in [5.41, 5.74) is 0. The summed E-state index contributed by atoms with van der Waals surface area (Å²) in [6, 6.07) is 4.19. The van der Waals surface area contributed by atoms with E-state index in [1.54, 1.807) is 17.6 Å². The molecule has 5 heteroatoms. The zero-order valence-corrected chi connectivity index (χ0v) is 12.0. The molecule has 2 atom stereocenters. The Hall–Kier alpha value is -1.36. The zero-order chi connectivity index (χ0) is 13.5. The molecule has 1 aliphatic carbocycles. The molecule has 1 aliphatic rings. The molecule has 0 spiro atoms. The molecule has 2 rings (SSSR count). The molecule has 1 aromatic rings. The van der Waals surface area contributed by atoms with Crippen LogP contribution in [0.15, 0.2) is 22.7 Å². The molecule has 1 heterocycles. The normalized spacial score (nSPS) is 23.4. The van der Waals surface area contributed by atoms with E-state index in [0.29, 0.717) is 12.0 Å². The number of rotatable bonds is 5. The number of hydrogen-bond acceptors (Lipinski definition) is 4. The van der Waals surface area contributed by atoms with Gasteiger partial charge in [-0.1, -0.05) is 31.0 Å². The highest BCUT2D eigenvalue weighted by Gasteiger charge is 2.22. The Morgan fingerprint density at radius 1 is 1.58 bits per heavy atom. The number of hydrogen-bond donors (Lipinski definition) is 1. The predicted molar refractivity (Wildman–Crippen MR) is 77.4 cm³/mol. The van der Waals surface area contributed by atoms with Gasteiger partial charge >= 0.3 is 0 Å². The summed E-state index contributed by atoms with van der Waals surface area (Å²) in [6.07, 6.45) is 6.37. The fraction of sp³-hybridized carbons (Fsp3) is 0.571. The van der Waals surface area contributed by atoms with Gasteiger partial charge in [-0.25, -0.2) is 0 Å². The third kappa shape index (κ3) is 4.67. The lowest BCUT2D eigenvalue weighted by atomic mass is 9.86. The molecule has 2 unspecified atom stereocenters. The first-order valence-electron chi connectivity index (χ1n) is 6.74. The van der Waals surface area contributed by atoms with E-state index in [2.05, 4.69) is 17.4 Å². The van der Waals surface area contributed by atoms with Gasteiger partial charge in [-0.05, 0) is 30.2 Å². The second-order valence-corrected chi connectivity index (χ2v) is 5.94. The van der Waals surface area contributed by atoms with Crippen LogP contribution in [0.5, 0.6) is 0 Å². The van der Waals surface area contributed by atoms with Gasteiger partial charge in [0.25, 0.3) is 5.91 Å². The maximum atomic E-state index is 11.7. The lowest BCUT2D eigenvalue weighted by Gasteiger charge is -2.29. The van der Waals surface area contributed by atoms with Crippen molar-refractivity contribution in [1.29, 1.82) is 0 Å². The van der Waals surface area contributed by atoms with Gasteiger partial charge in [0.15, 0.2) is 6.61 Å². The quantitative estimate of drug-likeness (QED) is 0.666. The Morgan fingerprint density at radius 3 is 3.16 bits per heavy atom. The summed E-state index contributed by atoms with van der Waals surface area (Å²) in [5.74, 6) is 0.481. The lowest BCUT2D eigenvalue weighted by Crippen LogP contribution is -2.42. The summed E-state index contributed by atoms with van der Waals surface area (Å²) in [5, 5.41) is 8.79. The molecule has 0 bridgehead atoms. The van der Waals surface area contributed by atoms with Crippen LogP contribution < -0.4 is 5.32 Å². The molecule has 19 heavy (non-hydrogen) atoms. The molecule has 104 valence electrons. The zero-order valence-electron chi connectivity index (χ0n) is 11.2. The van der Waals surface area contributed by atoms with Crippen molar-refractivity contribution < 1.29 is 9.63 Å². The van der Waals surface area contributed by atoms with Crippen LogP contribution in [0.1, 0.15) is 37.5 Å². The van der Waals surface area contributed by atoms with E-state index < -0.39 is 0 Å². The SMILES string of the molecule is CC1CCCCC1NC(=O)CON=Cc1cccs1. The smallest absolute Gasteiger partial charge is 0.261 e. The van der Waals surface area contributed by atoms with E-state index >= 15 is 0 Å². The average Bonchev–Trinajstić information content (AvgIpc) is 2.91. The van der Waals surface area contributed by atoms with Gasteiger partial charge in [0.05, 0.1) is 6.21 Å². The summed E-state index contributed by atoms with van der Waals surface area (Å²) >= 11 is 1.58. The van der Waals surface area contributed by atoms with Crippen LogP contribution in [-0.2, 0) is 9.63 Å². The molecule has 1 saturated carbocycles. The van der Waals surface area contributed by atoms with E-state index in [1.165, 1.54) is 19.3 Å². The summed E-state index contributed by atoms with van der Waals surface area (Å²) < 4.78 is 0. The Morgan fingerprint density at radius 2 is 2.42 bits per heavy atom. The molecule has 0 saturated heterocycles. The number of amides is 1. The summed E-state index contributed by atoms with van der Waals surface area (Å²) in [7, 11) is 0. The molecule has 0 aromatic carbocycles. The Bertz CT molecular complexity index is 417. The van der Waals surface area contributed by atoms with Gasteiger partial charge in [-0.2, -0.15) is 0 Å². The third-order valence-corrected chi connectivity index (χ3v) is 4.26. The van der Waals surface area contributed by atoms with Crippen molar-refractivity contribution in [2.24, 2.45) is 11.1 Å². The fourth-order valence-corrected chi connectivity index (χ4v) is 2.90. The van der Waals surface area contributed by atoms with Gasteiger partial charge < -0.3 is 10.2 Å². The topological polar surface area (TPSA) is 50.7 Å². The highest BCUT2D eigenvalue weighted by atomic mass is 32.1. The largest absolute Gasteiger partial charge is 0.386 e. The Balaban J connectivity index is 1.67. The van der Waals surface area contributed by atoms with Crippen molar-refractivity contribution >= 4 is 23.5 Å². The molecule has 1 amide bonds. The van der Waals surface area contributed by atoms with Gasteiger partial charge in [0.1, 0.15) is 0 Å². The van der Waals surface area contributed by atoms with Crippen LogP contribution in [0.4, 0.5) is 0 Å². The number of nitrogens with one attached hydrogen (secondary N) is 1. The van der Waals surface area contributed by atoms with Gasteiger partial charge in [-0.3, -0.25) is 4.79 Å². The van der Waals surface area contributed by atoms with Crippen molar-refractivity contribution in [3.05, 3.63) is 22.4 Å². The van der Waals surface area contributed by atoms with Crippen LogP contribution in [0.2, 0.25) is 0 Å². The van der Waals surface area contributed by atoms with Crippen molar-refractivity contribution in [3.63, 3.8) is 0 Å². The molecular weight excluding hydrogens is 260 g/mol. The van der Waals surface area contributed by atoms with E-state index in [4.69, 9.17) is 4.84 Å². The monoisotopic (exact) mass is 280 g/mol. The highest BCUT2D eigenvalue weighted by Crippen LogP contribution is 2.23. The van der Waals surface area contributed by atoms with Crippen molar-refractivity contribution in [2.45, 2.75) is 38.6 Å². The number of oxime groups is 1. The average molecular weight is 280 g/mol. The van der Waals surface area contributed by atoms with E-state index in [9.17, 15) is 4.79 Å². The van der Waals surface area contributed by atoms with Crippen molar-refractivity contribution in [2.75, 3.05) is 6.61 Å². The molecule has 1 aromatic heterocycles. The minimum Gasteiger partial charge on any atom is -0.386 e. The van der Waals surface area contributed by atoms with Gasteiger partial charge in [-0.15, -0.1) is 11.3 Å². The van der Waals surface area contributed by atoms with E-state index in [-0.39, 0.29) is 12.5 Å². The lowest BCUT2D eigenvalue weighted by molar-refractivity contribution is -0.126. The number of nitrogens with zero attached hydrogens (tertiary/aromatic N) is 1. The predicted octanol–water partition coefficient (Wildman–Crippen LogP) is 2.79. The molecular formula is C14H20N2O2S. The number of thiophene rings is 1. The van der Waals surface area contributed by atoms with Gasteiger partial charge in [0, 0.05) is 10.9 Å². The van der Waals surface area contributed by atoms with Crippen molar-refractivity contribution in [3.8, 4) is 0 Å². The van der Waals surface area contributed by atoms with Crippen LogP contribution in [0, 0.1) is 5.92 Å². The second-order valence-electron chi connectivity index (χ2n) is 4.96. The Labute approximate surface area is 117 Å². The molecule has 0 aliphatic heterocycles. The number of carbonyl (C=O) groups excluding carboxylic acids is 1. The number of carbonyl (C=O) groups is 1. The third-order valence-electron chi connectivity index (χ3n) is 3.45. The maximum absolute atomic E-state index is 11.7. The minimum atomic E-state index is -0.0814. The van der Waals surface area contributed by atoms with Crippen LogP contribution in [0.3, 0.4) is 0 Å². The minimum absolute atomic E-state index is 0.00883. The first-order valence-corrected chi connectivity index (χ1v) is 7.62. The molecule has 1 fully saturated rings. The first kappa shape index (κ1) is 14.1. The second kappa shape index (κ2) is 7.28. The Kier molecular flexibility index (Phi) is 5.39. The first-order chi connectivity index (χ1) is 9.25. The van der Waals surface area contributed by atoms with E-state index in [1.807, 2.05) is 17.5 Å². The van der Waals surface area contributed by atoms with Crippen LogP contribution in [-0.4, -0.2) is 24.8 Å². The standard InChI is InChI=1S/C14H20N2O2S/c1-11-5-2-3-7-13(11)16-14(17)10-18-15-9-12-6-4-8-19-12/h4,6,8-9,11,13H,2-3,5,7,10H2,1H3,(H,16,17). The maximum Gasteiger partial charge on any atom is 0.261 e. The highest BCUT2D eigenvalue weighted by molar-refractivity contribution is 7.11. The van der Waals surface area contributed by atoms with Crippen LogP contribution in [0.25, 0.3) is 0 Å². The summed E-state index contributed by atoms with van der Waals surface area (Å²) in [6.45, 7) is 2.19. The fourth-order valence-electron chi connectivity index (χ4n) is 2.33. The molecule has 4 nitrogen and oxygen atoms in total. The van der Waals surface area contributed by atoms with Crippen molar-refractivity contribution in [1.82, 2.24) is 5.32 Å². The van der Waals surface area contributed by atoms with Gasteiger partial charge in [0.2, 0.25) is 0 Å². The van der Waals surface area contributed by atoms with E-state index in [0.717, 1.165) is 11.3 Å². The summed E-state index contributed by atoms with van der Waals surface area (Å²) in [4.78, 5) is 17.7. The molecule has 1 N–H and O–H groups in total. The van der Waals surface area contributed by atoms with Crippen LogP contribution >= 0.6 is 11.3 Å².